The number of benzene rings is 3. The summed E-state index contributed by atoms with van der Waals surface area (Å²) in [7, 11) is -2.37. The fourth-order valence-electron chi connectivity index (χ4n) is 3.36. The number of carbonyl (C=O) groups excluding carboxylic acids is 1. The predicted octanol–water partition coefficient (Wildman–Crippen LogP) is 3.81. The van der Waals surface area contributed by atoms with Crippen molar-refractivity contribution in [2.45, 2.75) is 11.4 Å². The number of aromatic nitrogens is 1. The Balaban J connectivity index is 1.68. The van der Waals surface area contributed by atoms with Gasteiger partial charge in [-0.3, -0.25) is 19.2 Å². The van der Waals surface area contributed by atoms with Gasteiger partial charge in [0.2, 0.25) is 0 Å². The van der Waals surface area contributed by atoms with Crippen LogP contribution in [0.5, 0.6) is 0 Å². The Hall–Kier alpha value is -4.27. The van der Waals surface area contributed by atoms with E-state index in [-0.39, 0.29) is 27.5 Å². The second-order valence-corrected chi connectivity index (χ2v) is 10.3. The summed E-state index contributed by atoms with van der Waals surface area (Å²) in [6.45, 7) is 0.0658. The molecule has 176 valence electrons. The lowest BCUT2D eigenvalue weighted by Gasteiger charge is -2.19. The standard InChI is InChI=1S/C24H18N4O5S2/c1-3-15-27-21-16-19(28(30)31)11-14-22(21)34-24(27)25-23(29)17-9-12-20(13-10-17)35(32,33)26(2)18-7-5-4-6-8-18/h1,4-14,16H,15H2,2H3. The molecule has 4 aromatic rings. The van der Waals surface area contributed by atoms with Crippen LogP contribution in [0.25, 0.3) is 10.2 Å². The minimum atomic E-state index is -3.82. The molecule has 0 fully saturated rings. The van der Waals surface area contributed by atoms with E-state index in [0.29, 0.717) is 15.9 Å². The first kappa shape index (κ1) is 23.9. The summed E-state index contributed by atoms with van der Waals surface area (Å²) < 4.78 is 29.3. The minimum Gasteiger partial charge on any atom is -0.304 e. The van der Waals surface area contributed by atoms with Crippen LogP contribution in [0.4, 0.5) is 11.4 Å². The van der Waals surface area contributed by atoms with Gasteiger partial charge in [0.15, 0.2) is 4.80 Å². The second-order valence-electron chi connectivity index (χ2n) is 7.33. The van der Waals surface area contributed by atoms with E-state index in [1.54, 1.807) is 41.0 Å². The highest BCUT2D eigenvalue weighted by molar-refractivity contribution is 7.92. The van der Waals surface area contributed by atoms with Gasteiger partial charge in [0.25, 0.3) is 21.6 Å². The van der Waals surface area contributed by atoms with Gasteiger partial charge in [0.05, 0.1) is 32.3 Å². The van der Waals surface area contributed by atoms with E-state index >= 15 is 0 Å². The van der Waals surface area contributed by atoms with Crippen molar-refractivity contribution < 1.29 is 18.1 Å². The highest BCUT2D eigenvalue weighted by Crippen LogP contribution is 2.24. The molecular formula is C24H18N4O5S2. The molecule has 0 N–H and O–H groups in total. The number of nitrogens with zero attached hydrogens (tertiary/aromatic N) is 4. The quantitative estimate of drug-likeness (QED) is 0.224. The zero-order valence-corrected chi connectivity index (χ0v) is 20.0. The van der Waals surface area contributed by atoms with Crippen molar-refractivity contribution in [2.75, 3.05) is 11.4 Å². The fourth-order valence-corrected chi connectivity index (χ4v) is 5.56. The van der Waals surface area contributed by atoms with E-state index in [4.69, 9.17) is 6.42 Å². The van der Waals surface area contributed by atoms with Crippen LogP contribution in [-0.4, -0.2) is 30.9 Å². The van der Waals surface area contributed by atoms with Gasteiger partial charge in [0.1, 0.15) is 0 Å². The van der Waals surface area contributed by atoms with E-state index in [1.807, 2.05) is 0 Å². The number of terminal acetylenes is 1. The molecule has 0 bridgehead atoms. The van der Waals surface area contributed by atoms with Crippen molar-refractivity contribution >= 4 is 48.9 Å². The number of fused-ring (bicyclic) bond motifs is 1. The summed E-state index contributed by atoms with van der Waals surface area (Å²) in [6.07, 6.45) is 5.46. The third kappa shape index (κ3) is 4.70. The van der Waals surface area contributed by atoms with Crippen molar-refractivity contribution in [3.8, 4) is 12.3 Å². The minimum absolute atomic E-state index is 0.0250. The third-order valence-corrected chi connectivity index (χ3v) is 8.06. The lowest BCUT2D eigenvalue weighted by molar-refractivity contribution is -0.384. The van der Waals surface area contributed by atoms with Gasteiger partial charge in [-0.1, -0.05) is 35.5 Å². The molecule has 0 aliphatic heterocycles. The lowest BCUT2D eigenvalue weighted by atomic mass is 10.2. The molecular weight excluding hydrogens is 488 g/mol. The summed E-state index contributed by atoms with van der Waals surface area (Å²) >= 11 is 1.17. The smallest absolute Gasteiger partial charge is 0.279 e. The molecule has 1 aromatic heterocycles. The number of rotatable bonds is 6. The maximum Gasteiger partial charge on any atom is 0.279 e. The maximum absolute atomic E-state index is 12.9. The predicted molar refractivity (Wildman–Crippen MR) is 134 cm³/mol. The van der Waals surface area contributed by atoms with Gasteiger partial charge in [-0.25, -0.2) is 8.42 Å². The zero-order chi connectivity index (χ0) is 25.2. The van der Waals surface area contributed by atoms with Gasteiger partial charge in [0, 0.05) is 24.7 Å². The van der Waals surface area contributed by atoms with E-state index in [0.717, 1.165) is 4.31 Å². The number of nitro groups is 1. The van der Waals surface area contributed by atoms with Crippen molar-refractivity contribution in [2.24, 2.45) is 4.99 Å². The van der Waals surface area contributed by atoms with Crippen LogP contribution in [0, 0.1) is 22.5 Å². The van der Waals surface area contributed by atoms with E-state index in [9.17, 15) is 23.3 Å². The van der Waals surface area contributed by atoms with Crippen LogP contribution >= 0.6 is 11.3 Å². The largest absolute Gasteiger partial charge is 0.304 e. The van der Waals surface area contributed by atoms with Crippen LogP contribution in [0.3, 0.4) is 0 Å². The summed E-state index contributed by atoms with van der Waals surface area (Å²) in [4.78, 5) is 27.9. The van der Waals surface area contributed by atoms with Gasteiger partial charge in [-0.05, 0) is 42.5 Å². The average molecular weight is 507 g/mol. The van der Waals surface area contributed by atoms with Gasteiger partial charge < -0.3 is 4.57 Å². The first-order valence-corrected chi connectivity index (χ1v) is 12.4. The summed E-state index contributed by atoms with van der Waals surface area (Å²) in [5.74, 6) is 1.87. The first-order valence-electron chi connectivity index (χ1n) is 10.2. The molecule has 0 radical (unpaired) electrons. The number of para-hydroxylation sites is 1. The fraction of sp³-hybridized carbons (Fsp3) is 0.0833. The number of nitro benzene ring substituents is 1. The average Bonchev–Trinajstić information content (AvgIpc) is 3.20. The molecule has 0 spiro atoms. The molecule has 0 saturated heterocycles. The van der Waals surface area contributed by atoms with Crippen molar-refractivity contribution in [3.63, 3.8) is 0 Å². The summed E-state index contributed by atoms with van der Waals surface area (Å²) in [6, 6.07) is 18.4. The normalized spacial score (nSPS) is 11.8. The van der Waals surface area contributed by atoms with Crippen LogP contribution in [0.1, 0.15) is 10.4 Å². The molecule has 0 atom stereocenters. The maximum atomic E-state index is 12.9. The number of non-ortho nitro benzene ring substituents is 1. The van der Waals surface area contributed by atoms with Gasteiger partial charge in [-0.2, -0.15) is 4.99 Å². The Labute approximate surface area is 204 Å². The molecule has 0 aliphatic rings. The Kier molecular flexibility index (Phi) is 6.50. The molecule has 11 heteroatoms. The number of carbonyl (C=O) groups is 1. The Bertz CT molecular complexity index is 1650. The molecule has 1 heterocycles. The molecule has 0 unspecified atom stereocenters. The Morgan fingerprint density at radius 2 is 1.83 bits per heavy atom. The number of hydrogen-bond donors (Lipinski definition) is 0. The van der Waals surface area contributed by atoms with E-state index < -0.39 is 20.9 Å². The molecule has 9 nitrogen and oxygen atoms in total. The number of amides is 1. The van der Waals surface area contributed by atoms with Crippen molar-refractivity contribution in [1.82, 2.24) is 4.57 Å². The Morgan fingerprint density at radius 1 is 1.14 bits per heavy atom. The number of thiazole rings is 1. The first-order chi connectivity index (χ1) is 16.7. The van der Waals surface area contributed by atoms with Crippen LogP contribution in [0.15, 0.2) is 82.7 Å². The molecule has 4 rings (SSSR count). The summed E-state index contributed by atoms with van der Waals surface area (Å²) in [5, 5.41) is 11.1. The van der Waals surface area contributed by atoms with Crippen molar-refractivity contribution in [1.29, 1.82) is 0 Å². The third-order valence-electron chi connectivity index (χ3n) is 5.20. The van der Waals surface area contributed by atoms with Crippen LogP contribution in [-0.2, 0) is 16.6 Å². The monoisotopic (exact) mass is 506 g/mol. The van der Waals surface area contributed by atoms with Crippen LogP contribution in [0.2, 0.25) is 0 Å². The molecule has 35 heavy (non-hydrogen) atoms. The van der Waals surface area contributed by atoms with Gasteiger partial charge >= 0.3 is 0 Å². The van der Waals surface area contributed by atoms with Gasteiger partial charge in [-0.15, -0.1) is 6.42 Å². The second kappa shape index (κ2) is 9.54. The van der Waals surface area contributed by atoms with E-state index in [1.165, 1.54) is 54.8 Å². The van der Waals surface area contributed by atoms with E-state index in [2.05, 4.69) is 10.9 Å². The number of sulfonamides is 1. The molecule has 3 aromatic carbocycles. The Morgan fingerprint density at radius 3 is 2.46 bits per heavy atom. The topological polar surface area (TPSA) is 115 Å². The lowest BCUT2D eigenvalue weighted by Crippen LogP contribution is -2.26. The molecule has 0 aliphatic carbocycles. The zero-order valence-electron chi connectivity index (χ0n) is 18.4. The van der Waals surface area contributed by atoms with Crippen molar-refractivity contribution in [3.05, 3.63) is 93.3 Å². The SMILES string of the molecule is C#CCn1c(=NC(=O)c2ccc(S(=O)(=O)N(C)c3ccccc3)cc2)sc2ccc([N+](=O)[O-])cc21. The highest BCUT2D eigenvalue weighted by atomic mass is 32.2. The molecule has 0 saturated carbocycles. The highest BCUT2D eigenvalue weighted by Gasteiger charge is 2.21. The summed E-state index contributed by atoms with van der Waals surface area (Å²) in [5.41, 5.74) is 1.09. The van der Waals surface area contributed by atoms with Crippen LogP contribution < -0.4 is 9.11 Å². The number of hydrogen-bond acceptors (Lipinski definition) is 6. The molecule has 1 amide bonds. The number of anilines is 1.